The number of nitriles is 1. The van der Waals surface area contributed by atoms with E-state index < -0.39 is 11.3 Å². The van der Waals surface area contributed by atoms with Crippen LogP contribution in [0.3, 0.4) is 0 Å². The second-order valence-corrected chi connectivity index (χ2v) is 8.58. The predicted molar refractivity (Wildman–Crippen MR) is 120 cm³/mol. The van der Waals surface area contributed by atoms with Gasteiger partial charge >= 0.3 is 0 Å². The number of pyridine rings is 2. The van der Waals surface area contributed by atoms with Gasteiger partial charge in [0.1, 0.15) is 0 Å². The number of benzene rings is 1. The van der Waals surface area contributed by atoms with Gasteiger partial charge in [0.25, 0.3) is 11.8 Å². The second-order valence-electron chi connectivity index (χ2n) is 8.58. The highest BCUT2D eigenvalue weighted by atomic mass is 19.3. The van der Waals surface area contributed by atoms with Crippen molar-refractivity contribution in [3.05, 3.63) is 83.8 Å². The van der Waals surface area contributed by atoms with Crippen LogP contribution in [0.4, 0.5) is 8.78 Å². The van der Waals surface area contributed by atoms with Crippen LogP contribution in [0.15, 0.2) is 67.1 Å². The third-order valence-corrected chi connectivity index (χ3v) is 6.24. The first-order valence-corrected chi connectivity index (χ1v) is 10.8. The van der Waals surface area contributed by atoms with Crippen molar-refractivity contribution in [1.29, 1.82) is 5.26 Å². The molecule has 0 spiro atoms. The number of hydrogen-bond donors (Lipinski definition) is 0. The Labute approximate surface area is 191 Å². The van der Waals surface area contributed by atoms with Gasteiger partial charge in [0, 0.05) is 49.7 Å². The normalized spacial score (nSPS) is 15.6. The monoisotopic (exact) mass is 446 g/mol. The Hall–Kier alpha value is -3.66. The van der Waals surface area contributed by atoms with E-state index in [9.17, 15) is 18.8 Å². The molecule has 1 amide bonds. The molecule has 1 aromatic carbocycles. The summed E-state index contributed by atoms with van der Waals surface area (Å²) in [6.45, 7) is 1.76. The molecule has 0 radical (unpaired) electrons. The summed E-state index contributed by atoms with van der Waals surface area (Å²) in [5.41, 5.74) is 2.11. The molecule has 5 nitrogen and oxygen atoms in total. The van der Waals surface area contributed by atoms with Gasteiger partial charge in [0.05, 0.1) is 22.7 Å². The maximum absolute atomic E-state index is 13.5. The summed E-state index contributed by atoms with van der Waals surface area (Å²) in [7, 11) is 0. The fraction of sp³-hybridized carbons (Fsp3) is 0.308. The van der Waals surface area contributed by atoms with E-state index in [1.807, 2.05) is 12.1 Å². The van der Waals surface area contributed by atoms with Gasteiger partial charge in [0.2, 0.25) is 0 Å². The van der Waals surface area contributed by atoms with Crippen LogP contribution in [0, 0.1) is 16.7 Å². The molecular formula is C26H24F2N4O. The summed E-state index contributed by atoms with van der Waals surface area (Å²) in [4.78, 5) is 23.5. The molecule has 3 heterocycles. The van der Waals surface area contributed by atoms with E-state index in [1.54, 1.807) is 47.8 Å². The zero-order valence-corrected chi connectivity index (χ0v) is 18.3. The van der Waals surface area contributed by atoms with E-state index in [4.69, 9.17) is 0 Å². The number of amides is 1. The van der Waals surface area contributed by atoms with E-state index in [2.05, 4.69) is 16.0 Å². The molecule has 33 heavy (non-hydrogen) atoms. The Kier molecular flexibility index (Phi) is 6.19. The molecule has 7 heteroatoms. The lowest BCUT2D eigenvalue weighted by atomic mass is 9.75. The Morgan fingerprint density at radius 1 is 1.09 bits per heavy atom. The highest BCUT2D eigenvalue weighted by Crippen LogP contribution is 2.36. The first-order chi connectivity index (χ1) is 15.8. The van der Waals surface area contributed by atoms with Crippen molar-refractivity contribution in [3.8, 4) is 17.3 Å². The largest absolute Gasteiger partial charge is 0.338 e. The topological polar surface area (TPSA) is 69.9 Å². The zero-order valence-electron chi connectivity index (χ0n) is 18.3. The van der Waals surface area contributed by atoms with Gasteiger partial charge < -0.3 is 4.90 Å². The van der Waals surface area contributed by atoms with Crippen molar-refractivity contribution < 1.29 is 13.6 Å². The number of carbonyl (C=O) groups is 1. The van der Waals surface area contributed by atoms with Crippen LogP contribution >= 0.6 is 0 Å². The fourth-order valence-electron chi connectivity index (χ4n) is 4.26. The van der Waals surface area contributed by atoms with E-state index in [1.165, 1.54) is 12.1 Å². The average Bonchev–Trinajstić information content (AvgIpc) is 2.84. The van der Waals surface area contributed by atoms with Gasteiger partial charge in [-0.15, -0.1) is 0 Å². The predicted octanol–water partition coefficient (Wildman–Crippen LogP) is 5.24. The van der Waals surface area contributed by atoms with Gasteiger partial charge in [-0.3, -0.25) is 14.8 Å². The number of rotatable bonds is 5. The van der Waals surface area contributed by atoms with Crippen molar-refractivity contribution in [2.24, 2.45) is 5.41 Å². The highest BCUT2D eigenvalue weighted by Gasteiger charge is 2.37. The number of nitrogens with zero attached hydrogens (tertiary/aromatic N) is 4. The maximum Gasteiger partial charge on any atom is 0.270 e. The summed E-state index contributed by atoms with van der Waals surface area (Å²) < 4.78 is 27.0. The quantitative estimate of drug-likeness (QED) is 0.537. The summed E-state index contributed by atoms with van der Waals surface area (Å²) >= 11 is 0. The molecular weight excluding hydrogens is 422 g/mol. The first kappa shape index (κ1) is 22.5. The third-order valence-electron chi connectivity index (χ3n) is 6.24. The maximum atomic E-state index is 13.5. The molecule has 0 atom stereocenters. The van der Waals surface area contributed by atoms with Gasteiger partial charge in [-0.2, -0.15) is 5.26 Å². The van der Waals surface area contributed by atoms with E-state index in [0.717, 1.165) is 18.1 Å². The third kappa shape index (κ3) is 4.90. The van der Waals surface area contributed by atoms with Crippen LogP contribution in [-0.4, -0.2) is 33.9 Å². The number of hydrogen-bond acceptors (Lipinski definition) is 4. The molecule has 0 bridgehead atoms. The Morgan fingerprint density at radius 3 is 2.36 bits per heavy atom. The standard InChI is InChI=1S/C26H24F2N4O/c1-25(27,28)21-6-4-19(5-7-21)17-26(18-29)10-15-32(16-11-26)24(33)22-3-2-12-31-23(22)20-8-13-30-14-9-20/h2-9,12-14H,10-11,15-17H2,1H3. The summed E-state index contributed by atoms with van der Waals surface area (Å²) in [6, 6.07) is 15.8. The van der Waals surface area contributed by atoms with Gasteiger partial charge in [-0.25, -0.2) is 8.78 Å². The number of carbonyl (C=O) groups excluding carboxylic acids is 1. The van der Waals surface area contributed by atoms with Crippen molar-refractivity contribution >= 4 is 5.91 Å². The van der Waals surface area contributed by atoms with Crippen molar-refractivity contribution in [3.63, 3.8) is 0 Å². The lowest BCUT2D eigenvalue weighted by Gasteiger charge is -2.37. The average molecular weight is 447 g/mol. The molecule has 1 fully saturated rings. The lowest BCUT2D eigenvalue weighted by molar-refractivity contribution is 0.0174. The molecule has 0 saturated carbocycles. The number of halogens is 2. The Bertz CT molecular complexity index is 1160. The van der Waals surface area contributed by atoms with Crippen LogP contribution < -0.4 is 0 Å². The van der Waals surface area contributed by atoms with Gasteiger partial charge in [-0.05, 0) is 49.1 Å². The van der Waals surface area contributed by atoms with Crippen molar-refractivity contribution in [2.45, 2.75) is 32.1 Å². The SMILES string of the molecule is CC(F)(F)c1ccc(CC2(C#N)CCN(C(=O)c3cccnc3-c3ccncc3)CC2)cc1. The van der Waals surface area contributed by atoms with Gasteiger partial charge in [0.15, 0.2) is 0 Å². The number of alkyl halides is 2. The van der Waals surface area contributed by atoms with Crippen LogP contribution in [0.25, 0.3) is 11.3 Å². The number of likely N-dealkylation sites (tertiary alicyclic amines) is 1. The number of aromatic nitrogens is 2. The van der Waals surface area contributed by atoms with Crippen LogP contribution in [-0.2, 0) is 12.3 Å². The Balaban J connectivity index is 1.47. The fourth-order valence-corrected chi connectivity index (χ4v) is 4.26. The lowest BCUT2D eigenvalue weighted by Crippen LogP contribution is -2.43. The molecule has 0 N–H and O–H groups in total. The first-order valence-electron chi connectivity index (χ1n) is 10.8. The smallest absolute Gasteiger partial charge is 0.270 e. The number of piperidine rings is 1. The van der Waals surface area contributed by atoms with Crippen molar-refractivity contribution in [2.75, 3.05) is 13.1 Å². The summed E-state index contributed by atoms with van der Waals surface area (Å²) in [6.07, 6.45) is 6.49. The van der Waals surface area contributed by atoms with E-state index >= 15 is 0 Å². The summed E-state index contributed by atoms with van der Waals surface area (Å²) in [5, 5.41) is 9.93. The molecule has 2 aromatic heterocycles. The van der Waals surface area contributed by atoms with Crippen LogP contribution in [0.2, 0.25) is 0 Å². The highest BCUT2D eigenvalue weighted by molar-refractivity contribution is 5.99. The summed E-state index contributed by atoms with van der Waals surface area (Å²) in [5.74, 6) is -3.01. The Morgan fingerprint density at radius 2 is 1.76 bits per heavy atom. The van der Waals surface area contributed by atoms with Crippen molar-refractivity contribution in [1.82, 2.24) is 14.9 Å². The minimum absolute atomic E-state index is 0.0425. The second kappa shape index (κ2) is 9.07. The molecule has 0 unspecified atom stereocenters. The van der Waals surface area contributed by atoms with Crippen LogP contribution in [0.1, 0.15) is 41.3 Å². The van der Waals surface area contributed by atoms with Gasteiger partial charge in [-0.1, -0.05) is 24.3 Å². The zero-order chi connectivity index (χ0) is 23.5. The molecule has 0 aliphatic carbocycles. The molecule has 1 aliphatic heterocycles. The van der Waals surface area contributed by atoms with E-state index in [-0.39, 0.29) is 11.5 Å². The van der Waals surface area contributed by atoms with E-state index in [0.29, 0.717) is 43.6 Å². The molecule has 168 valence electrons. The minimum Gasteiger partial charge on any atom is -0.338 e. The molecule has 4 rings (SSSR count). The molecule has 3 aromatic rings. The molecule has 1 saturated heterocycles. The minimum atomic E-state index is -2.89. The van der Waals surface area contributed by atoms with Crippen LogP contribution in [0.5, 0.6) is 0 Å². The molecule has 1 aliphatic rings.